The lowest BCUT2D eigenvalue weighted by Gasteiger charge is -2.39. The summed E-state index contributed by atoms with van der Waals surface area (Å²) >= 11 is 0. The maximum Gasteiger partial charge on any atom is 0.306 e. The molecule has 0 aromatic rings. The van der Waals surface area contributed by atoms with Gasteiger partial charge in [-0.1, -0.05) is 187 Å². The molecule has 10 heteroatoms. The summed E-state index contributed by atoms with van der Waals surface area (Å²) < 4.78 is 22.2. The first kappa shape index (κ1) is 54.5. The van der Waals surface area contributed by atoms with Gasteiger partial charge >= 0.3 is 11.9 Å². The molecular formula is C48H90O10. The van der Waals surface area contributed by atoms with E-state index in [2.05, 4.69) is 26.0 Å². The summed E-state index contributed by atoms with van der Waals surface area (Å²) in [5.74, 6) is -0.796. The van der Waals surface area contributed by atoms with Gasteiger partial charge in [-0.3, -0.25) is 9.59 Å². The van der Waals surface area contributed by atoms with E-state index in [9.17, 15) is 30.0 Å². The van der Waals surface area contributed by atoms with Crippen molar-refractivity contribution in [1.29, 1.82) is 0 Å². The molecule has 2 unspecified atom stereocenters. The lowest BCUT2D eigenvalue weighted by Crippen LogP contribution is -2.59. The molecule has 10 nitrogen and oxygen atoms in total. The smallest absolute Gasteiger partial charge is 0.306 e. The van der Waals surface area contributed by atoms with Crippen molar-refractivity contribution >= 4 is 11.9 Å². The third-order valence-corrected chi connectivity index (χ3v) is 11.4. The average Bonchev–Trinajstić information content (AvgIpc) is 3.22. The summed E-state index contributed by atoms with van der Waals surface area (Å²) in [6.07, 6.45) is 35.0. The molecule has 1 saturated heterocycles. The number of aliphatic hydroxyl groups excluding tert-OH is 4. The minimum absolute atomic E-state index is 0.213. The maximum absolute atomic E-state index is 12.8. The number of allylic oxidation sites excluding steroid dienone is 2. The van der Waals surface area contributed by atoms with Gasteiger partial charge in [0, 0.05) is 12.8 Å². The third-order valence-electron chi connectivity index (χ3n) is 11.4. The van der Waals surface area contributed by atoms with Gasteiger partial charge in [0.05, 0.1) is 13.2 Å². The zero-order valence-electron chi connectivity index (χ0n) is 37.3. The number of carbonyl (C=O) groups is 2. The molecule has 58 heavy (non-hydrogen) atoms. The Morgan fingerprint density at radius 1 is 0.517 bits per heavy atom. The van der Waals surface area contributed by atoms with Gasteiger partial charge in [0.25, 0.3) is 0 Å². The number of esters is 2. The van der Waals surface area contributed by atoms with Crippen LogP contribution in [-0.4, -0.2) is 89.0 Å². The van der Waals surface area contributed by atoms with Crippen LogP contribution in [0.25, 0.3) is 0 Å². The normalized spacial score (nSPS) is 20.1. The Balaban J connectivity index is 2.28. The standard InChI is InChI=1S/C48H90O10/c1-3-5-7-9-11-13-15-17-19-21-23-24-26-28-30-32-34-36-43(50)55-39-41(40-56-48-47(54)46(53)45(52)42(38-49)58-48)57-44(51)37-35-33-31-29-27-25-22-20-18-16-14-12-10-8-6-4-2/h13,15,41-42,45-49,52-54H,3-12,14,16-40H2,1-2H3/b15-13+/t41-,42-,45+,46?,47?,48-/m0/s1. The van der Waals surface area contributed by atoms with Crippen LogP contribution in [0.5, 0.6) is 0 Å². The van der Waals surface area contributed by atoms with E-state index >= 15 is 0 Å². The largest absolute Gasteiger partial charge is 0.462 e. The Hall–Kier alpha value is -1.56. The summed E-state index contributed by atoms with van der Waals surface area (Å²) in [4.78, 5) is 25.4. The van der Waals surface area contributed by atoms with E-state index in [0.717, 1.165) is 38.5 Å². The van der Waals surface area contributed by atoms with Crippen molar-refractivity contribution < 1.29 is 49.0 Å². The SMILES string of the molecule is CCCCCC/C=C/CCCCCCCCCCCC(=O)OC[C@@H](CO[C@H]1O[C@@H](CO)[C@@H](O)C(O)C1O)OC(=O)CCCCCCCCCCCCCCCCCC. The lowest BCUT2D eigenvalue weighted by atomic mass is 9.99. The van der Waals surface area contributed by atoms with Gasteiger partial charge in [0.2, 0.25) is 0 Å². The Morgan fingerprint density at radius 3 is 1.36 bits per heavy atom. The van der Waals surface area contributed by atoms with Crippen molar-refractivity contribution in [1.82, 2.24) is 0 Å². The van der Waals surface area contributed by atoms with Gasteiger partial charge in [0.15, 0.2) is 12.4 Å². The first-order valence-electron chi connectivity index (χ1n) is 24.3. The molecule has 1 fully saturated rings. The molecule has 0 spiro atoms. The van der Waals surface area contributed by atoms with Gasteiger partial charge in [-0.15, -0.1) is 0 Å². The van der Waals surface area contributed by atoms with Crippen LogP contribution < -0.4 is 0 Å². The highest BCUT2D eigenvalue weighted by atomic mass is 16.7. The fraction of sp³-hybridized carbons (Fsp3) is 0.917. The van der Waals surface area contributed by atoms with Crippen molar-refractivity contribution in [2.75, 3.05) is 19.8 Å². The summed E-state index contributed by atoms with van der Waals surface area (Å²) in [6.45, 7) is 3.44. The second kappa shape index (κ2) is 39.6. The Kier molecular flexibility index (Phi) is 37.2. The molecule has 342 valence electrons. The number of unbranched alkanes of at least 4 members (excludes halogenated alkanes) is 28. The summed E-state index contributed by atoms with van der Waals surface area (Å²) in [7, 11) is 0. The first-order valence-corrected chi connectivity index (χ1v) is 24.3. The lowest BCUT2D eigenvalue weighted by molar-refractivity contribution is -0.305. The topological polar surface area (TPSA) is 152 Å². The van der Waals surface area contributed by atoms with Gasteiger partial charge < -0.3 is 39.4 Å². The molecule has 0 aliphatic carbocycles. The van der Waals surface area contributed by atoms with E-state index in [4.69, 9.17) is 18.9 Å². The second-order valence-corrected chi connectivity index (χ2v) is 16.9. The predicted molar refractivity (Wildman–Crippen MR) is 233 cm³/mol. The fourth-order valence-corrected chi connectivity index (χ4v) is 7.54. The van der Waals surface area contributed by atoms with Crippen LogP contribution in [-0.2, 0) is 28.5 Å². The second-order valence-electron chi connectivity index (χ2n) is 16.9. The number of aliphatic hydroxyl groups is 4. The van der Waals surface area contributed by atoms with Crippen LogP contribution in [0.15, 0.2) is 12.2 Å². The highest BCUT2D eigenvalue weighted by Gasteiger charge is 2.44. The Labute approximate surface area is 354 Å². The van der Waals surface area contributed by atoms with E-state index in [0.29, 0.717) is 6.42 Å². The maximum atomic E-state index is 12.8. The van der Waals surface area contributed by atoms with E-state index in [1.165, 1.54) is 154 Å². The van der Waals surface area contributed by atoms with E-state index < -0.39 is 49.4 Å². The molecule has 1 aliphatic heterocycles. The number of carbonyl (C=O) groups excluding carboxylic acids is 2. The van der Waals surface area contributed by atoms with Crippen molar-refractivity contribution in [3.63, 3.8) is 0 Å². The van der Waals surface area contributed by atoms with Crippen LogP contribution in [0.2, 0.25) is 0 Å². The zero-order chi connectivity index (χ0) is 42.3. The monoisotopic (exact) mass is 827 g/mol. The molecule has 1 aliphatic rings. The summed E-state index contributed by atoms with van der Waals surface area (Å²) in [5.41, 5.74) is 0. The van der Waals surface area contributed by atoms with Gasteiger partial charge in [0.1, 0.15) is 31.0 Å². The number of rotatable bonds is 41. The summed E-state index contributed by atoms with van der Waals surface area (Å²) in [6, 6.07) is 0. The average molecular weight is 827 g/mol. The summed E-state index contributed by atoms with van der Waals surface area (Å²) in [5, 5.41) is 40.1. The van der Waals surface area contributed by atoms with Crippen LogP contribution in [0.3, 0.4) is 0 Å². The highest BCUT2D eigenvalue weighted by Crippen LogP contribution is 2.23. The molecule has 1 heterocycles. The van der Waals surface area contributed by atoms with Crippen molar-refractivity contribution in [3.05, 3.63) is 12.2 Å². The van der Waals surface area contributed by atoms with Crippen molar-refractivity contribution in [2.24, 2.45) is 0 Å². The quantitative estimate of drug-likeness (QED) is 0.0266. The van der Waals surface area contributed by atoms with Gasteiger partial charge in [-0.25, -0.2) is 0 Å². The minimum atomic E-state index is -1.59. The Bertz CT molecular complexity index is 959. The van der Waals surface area contributed by atoms with Crippen LogP contribution in [0.1, 0.15) is 226 Å². The van der Waals surface area contributed by atoms with E-state index in [-0.39, 0.29) is 32.0 Å². The Morgan fingerprint density at radius 2 is 0.914 bits per heavy atom. The van der Waals surface area contributed by atoms with Crippen LogP contribution >= 0.6 is 0 Å². The molecule has 0 aromatic carbocycles. The molecule has 0 radical (unpaired) electrons. The minimum Gasteiger partial charge on any atom is -0.462 e. The third kappa shape index (κ3) is 30.5. The molecule has 0 bridgehead atoms. The molecular weight excluding hydrogens is 737 g/mol. The van der Waals surface area contributed by atoms with Crippen LogP contribution in [0, 0.1) is 0 Å². The van der Waals surface area contributed by atoms with Gasteiger partial charge in [-0.2, -0.15) is 0 Å². The van der Waals surface area contributed by atoms with Crippen LogP contribution in [0.4, 0.5) is 0 Å². The van der Waals surface area contributed by atoms with Crippen molar-refractivity contribution in [3.8, 4) is 0 Å². The molecule has 1 rings (SSSR count). The fourth-order valence-electron chi connectivity index (χ4n) is 7.54. The first-order chi connectivity index (χ1) is 28.3. The molecule has 4 N–H and O–H groups in total. The molecule has 0 saturated carbocycles. The number of hydrogen-bond donors (Lipinski definition) is 4. The molecule has 0 aromatic heterocycles. The van der Waals surface area contributed by atoms with E-state index in [1.54, 1.807) is 0 Å². The van der Waals surface area contributed by atoms with Crippen molar-refractivity contribution in [2.45, 2.75) is 263 Å². The molecule has 0 amide bonds. The van der Waals surface area contributed by atoms with Gasteiger partial charge in [-0.05, 0) is 38.5 Å². The number of ether oxygens (including phenoxy) is 4. The number of hydrogen-bond acceptors (Lipinski definition) is 10. The zero-order valence-corrected chi connectivity index (χ0v) is 37.3. The highest BCUT2D eigenvalue weighted by molar-refractivity contribution is 5.70. The van der Waals surface area contributed by atoms with E-state index in [1.807, 2.05) is 0 Å². The predicted octanol–water partition coefficient (Wildman–Crippen LogP) is 10.7. The molecule has 6 atom stereocenters.